The van der Waals surface area contributed by atoms with E-state index >= 15 is 0 Å². The molecule has 0 fully saturated rings. The van der Waals surface area contributed by atoms with Crippen LogP contribution >= 0.6 is 25.8 Å². The summed E-state index contributed by atoms with van der Waals surface area (Å²) < 4.78 is 0. The first-order valence-corrected chi connectivity index (χ1v) is 4.93. The minimum atomic E-state index is -3.37. The van der Waals surface area contributed by atoms with Gasteiger partial charge in [0.1, 0.15) is 0 Å². The Morgan fingerprint density at radius 1 is 0.412 bits per heavy atom. The van der Waals surface area contributed by atoms with Gasteiger partial charge in [-0.2, -0.15) is 0 Å². The number of hydrogen-bond donors (Lipinski definition) is 0. The van der Waals surface area contributed by atoms with Crippen molar-refractivity contribution in [1.29, 1.82) is 0 Å². The topological polar surface area (TPSA) is 208 Å². The van der Waals surface area contributed by atoms with Crippen molar-refractivity contribution in [2.24, 2.45) is 0 Å². The molecule has 0 rings (SSSR count). The van der Waals surface area contributed by atoms with Gasteiger partial charge in [0.25, 0.3) is 0 Å². The average molecular weight is 376 g/mol. The molecule has 86 valence electrons. The van der Waals surface area contributed by atoms with Crippen LogP contribution in [0.3, 0.4) is 0 Å². The van der Waals surface area contributed by atoms with Crippen LogP contribution in [-0.4, -0.2) is 52.1 Å². The molecule has 0 unspecified atom stereocenters. The standard InChI is InChI=1S/3Al.FH.K.3O3P/c;;;;;3*1-4(2)3/h;;;1H;;;;/q3*+3;;+1;3*-3/p-1. The van der Waals surface area contributed by atoms with Gasteiger partial charge in [-0.05, 0) is 0 Å². The minimum absolute atomic E-state index is 0. The molecule has 0 amide bonds. The van der Waals surface area contributed by atoms with E-state index in [2.05, 4.69) is 0 Å². The van der Waals surface area contributed by atoms with Crippen LogP contribution in [0.2, 0.25) is 0 Å². The van der Waals surface area contributed by atoms with Gasteiger partial charge in [0, 0.05) is 0 Å². The molecule has 0 aliphatic heterocycles. The van der Waals surface area contributed by atoms with Gasteiger partial charge in [0.05, 0.1) is 0 Å². The molecule has 0 radical (unpaired) electrons. The first-order valence-electron chi connectivity index (χ1n) is 1.64. The second-order valence-corrected chi connectivity index (χ2v) is 2.01. The molecule has 0 heterocycles. The van der Waals surface area contributed by atoms with Crippen molar-refractivity contribution in [1.82, 2.24) is 0 Å². The summed E-state index contributed by atoms with van der Waals surface area (Å²) in [4.78, 5) is 76.3. The zero-order valence-corrected chi connectivity index (χ0v) is 17.4. The van der Waals surface area contributed by atoms with Crippen LogP contribution in [0.5, 0.6) is 0 Å². The predicted molar refractivity (Wildman–Crippen MR) is 38.0 cm³/mol. The van der Waals surface area contributed by atoms with E-state index in [0.717, 1.165) is 0 Å². The van der Waals surface area contributed by atoms with E-state index < -0.39 is 25.8 Å². The van der Waals surface area contributed by atoms with E-state index in [1.54, 1.807) is 0 Å². The molecule has 17 heavy (non-hydrogen) atoms. The quantitative estimate of drug-likeness (QED) is 0.290. The van der Waals surface area contributed by atoms with Gasteiger partial charge >= 0.3 is 103 Å². The molecule has 0 aliphatic rings. The summed E-state index contributed by atoms with van der Waals surface area (Å²) in [5.41, 5.74) is 0. The molecule has 0 aromatic heterocycles. The van der Waals surface area contributed by atoms with Gasteiger partial charge in [-0.1, -0.05) is 0 Å². The maximum absolute atomic E-state index is 8.48. The Kier molecular flexibility index (Phi) is 125. The SMILES string of the molecule is [Al+3].[Al+3].[Al+3].[F-].[K+].[O-]P([O-])[O-].[O-]P([O-])[O-].[O-]P([O-])[O-]. The molecular weight excluding hydrogens is 376 g/mol. The van der Waals surface area contributed by atoms with E-state index in [-0.39, 0.29) is 108 Å². The van der Waals surface area contributed by atoms with E-state index in [1.807, 2.05) is 0 Å². The van der Waals surface area contributed by atoms with Crippen molar-refractivity contribution in [2.75, 3.05) is 0 Å². The number of halogens is 1. The van der Waals surface area contributed by atoms with Crippen molar-refractivity contribution in [3.8, 4) is 0 Å². The first kappa shape index (κ1) is 49.7. The van der Waals surface area contributed by atoms with E-state index in [1.165, 1.54) is 0 Å². The minimum Gasteiger partial charge on any atom is -1.00 e. The average Bonchev–Trinajstić information content (AvgIpc) is 1.54. The molecular formula is Al3FKO9P3. The zero-order chi connectivity index (χ0) is 10.7. The Hall–Kier alpha value is 4.09. The van der Waals surface area contributed by atoms with Crippen molar-refractivity contribution in [3.63, 3.8) is 0 Å². The van der Waals surface area contributed by atoms with Gasteiger partial charge < -0.3 is 74.6 Å². The molecule has 0 aromatic carbocycles. The largest absolute Gasteiger partial charge is 3.00 e. The normalized spacial score (nSPS) is 6.35. The Balaban J connectivity index is -0.0000000104. The molecule has 0 N–H and O–H groups in total. The fourth-order valence-corrected chi connectivity index (χ4v) is 0. The predicted octanol–water partition coefficient (Wildman–Crippen LogP) is -15.3. The molecule has 9 nitrogen and oxygen atoms in total. The molecule has 0 spiro atoms. The van der Waals surface area contributed by atoms with E-state index in [9.17, 15) is 0 Å². The second-order valence-electron chi connectivity index (χ2n) is 0.671. The Morgan fingerprint density at radius 2 is 0.412 bits per heavy atom. The third kappa shape index (κ3) is 393. The zero-order valence-electron chi connectivity index (χ0n) is 8.13. The van der Waals surface area contributed by atoms with Gasteiger partial charge in [0.15, 0.2) is 0 Å². The summed E-state index contributed by atoms with van der Waals surface area (Å²) >= 11 is 0. The van der Waals surface area contributed by atoms with Gasteiger partial charge in [-0.15, -0.1) is 0 Å². The smallest absolute Gasteiger partial charge is 1.00 e. The maximum atomic E-state index is 8.48. The van der Waals surface area contributed by atoms with Crippen LogP contribution in [0.15, 0.2) is 0 Å². The summed E-state index contributed by atoms with van der Waals surface area (Å²) in [5.74, 6) is 0. The molecule has 17 heteroatoms. The van der Waals surface area contributed by atoms with Crippen LogP contribution < -0.4 is 100 Å². The molecule has 0 atom stereocenters. The third-order valence-corrected chi connectivity index (χ3v) is 0. The Morgan fingerprint density at radius 3 is 0.412 bits per heavy atom. The van der Waals surface area contributed by atoms with Crippen molar-refractivity contribution in [2.45, 2.75) is 0 Å². The summed E-state index contributed by atoms with van der Waals surface area (Å²) in [6, 6.07) is 0. The Bertz CT molecular complexity index is 60.0. The van der Waals surface area contributed by atoms with Gasteiger partial charge in [-0.25, -0.2) is 0 Å². The molecule has 0 aliphatic carbocycles. The third-order valence-electron chi connectivity index (χ3n) is 0. The van der Waals surface area contributed by atoms with Crippen molar-refractivity contribution < 1.29 is 100 Å². The first-order chi connectivity index (χ1) is 5.20. The van der Waals surface area contributed by atoms with Crippen LogP contribution in [0.25, 0.3) is 0 Å². The number of rotatable bonds is 0. The maximum Gasteiger partial charge on any atom is 3.00 e. The van der Waals surface area contributed by atoms with E-state index in [4.69, 9.17) is 44.0 Å². The van der Waals surface area contributed by atoms with Gasteiger partial charge in [0.2, 0.25) is 0 Å². The van der Waals surface area contributed by atoms with Gasteiger partial charge in [-0.3, -0.25) is 0 Å². The van der Waals surface area contributed by atoms with Crippen LogP contribution in [0, 0.1) is 0 Å². The number of hydrogen-bond acceptors (Lipinski definition) is 9. The molecule has 0 bridgehead atoms. The van der Waals surface area contributed by atoms with E-state index in [0.29, 0.717) is 0 Å². The van der Waals surface area contributed by atoms with Crippen molar-refractivity contribution in [3.05, 3.63) is 0 Å². The molecule has 0 saturated carbocycles. The summed E-state index contributed by atoms with van der Waals surface area (Å²) in [7, 11) is -10.1. The van der Waals surface area contributed by atoms with Crippen LogP contribution in [0.4, 0.5) is 0 Å². The van der Waals surface area contributed by atoms with Crippen molar-refractivity contribution >= 4 is 77.9 Å². The fraction of sp³-hybridized carbons (Fsp3) is 0. The van der Waals surface area contributed by atoms with Crippen LogP contribution in [0.1, 0.15) is 0 Å². The second kappa shape index (κ2) is 42.7. The Labute approximate surface area is 175 Å². The molecule has 0 saturated heterocycles. The van der Waals surface area contributed by atoms with Crippen LogP contribution in [-0.2, 0) is 0 Å². The monoisotopic (exact) mass is 376 g/mol. The summed E-state index contributed by atoms with van der Waals surface area (Å²) in [6.07, 6.45) is 0. The summed E-state index contributed by atoms with van der Waals surface area (Å²) in [5, 5.41) is 0. The summed E-state index contributed by atoms with van der Waals surface area (Å²) in [6.45, 7) is 0. The molecule has 0 aromatic rings. The fourth-order valence-electron chi connectivity index (χ4n) is 0.